The smallest absolute Gasteiger partial charge is 0.162 e. The number of aromatic nitrogens is 5. The quantitative estimate of drug-likeness (QED) is 0.626. The predicted molar refractivity (Wildman–Crippen MR) is 89.7 cm³/mol. The maximum atomic E-state index is 13.5. The van der Waals surface area contributed by atoms with Crippen LogP contribution in [0, 0.1) is 5.82 Å². The van der Waals surface area contributed by atoms with Crippen molar-refractivity contribution >= 4 is 21.7 Å². The zero-order chi connectivity index (χ0) is 17.3. The van der Waals surface area contributed by atoms with Gasteiger partial charge in [0, 0.05) is 24.1 Å². The van der Waals surface area contributed by atoms with Gasteiger partial charge < -0.3 is 0 Å². The molecule has 2 aromatic heterocycles. The fourth-order valence-electron chi connectivity index (χ4n) is 2.50. The number of carbonyl (C=O) groups is 1. The summed E-state index contributed by atoms with van der Waals surface area (Å²) in [4.78, 5) is 11.8. The highest BCUT2D eigenvalue weighted by molar-refractivity contribution is 9.10. The van der Waals surface area contributed by atoms with E-state index in [1.54, 1.807) is 17.1 Å². The van der Waals surface area contributed by atoms with Gasteiger partial charge in [0.2, 0.25) is 0 Å². The summed E-state index contributed by atoms with van der Waals surface area (Å²) in [7, 11) is 0. The van der Waals surface area contributed by atoms with Crippen molar-refractivity contribution in [3.05, 3.63) is 57.8 Å². The third-order valence-corrected chi connectivity index (χ3v) is 4.62. The second-order valence-electron chi connectivity index (χ2n) is 5.31. The first-order valence-corrected chi connectivity index (χ1v) is 8.21. The SMILES string of the molecule is CCn1ncc(Cc2cnnn2-c2ccc(F)cc2C(C)=O)c1Br. The molecule has 0 radical (unpaired) electrons. The Hall–Kier alpha value is -2.35. The summed E-state index contributed by atoms with van der Waals surface area (Å²) < 4.78 is 17.8. The van der Waals surface area contributed by atoms with E-state index >= 15 is 0 Å². The molecule has 0 unspecified atom stereocenters. The van der Waals surface area contributed by atoms with Crippen molar-refractivity contribution in [1.29, 1.82) is 0 Å². The third-order valence-electron chi connectivity index (χ3n) is 3.70. The maximum Gasteiger partial charge on any atom is 0.162 e. The van der Waals surface area contributed by atoms with Crippen molar-refractivity contribution in [1.82, 2.24) is 24.8 Å². The first-order chi connectivity index (χ1) is 11.5. The molecule has 3 rings (SSSR count). The number of rotatable bonds is 5. The lowest BCUT2D eigenvalue weighted by Gasteiger charge is -2.10. The summed E-state index contributed by atoms with van der Waals surface area (Å²) in [6.45, 7) is 4.16. The minimum Gasteiger partial charge on any atom is -0.294 e. The lowest BCUT2D eigenvalue weighted by molar-refractivity contribution is 0.101. The summed E-state index contributed by atoms with van der Waals surface area (Å²) in [5.74, 6) is -0.691. The fourth-order valence-corrected chi connectivity index (χ4v) is 3.08. The van der Waals surface area contributed by atoms with Crippen molar-refractivity contribution in [3.8, 4) is 5.69 Å². The molecule has 0 N–H and O–H groups in total. The van der Waals surface area contributed by atoms with Crippen LogP contribution in [0.2, 0.25) is 0 Å². The molecule has 0 saturated carbocycles. The molecule has 3 aromatic rings. The average Bonchev–Trinajstić information content (AvgIpc) is 3.15. The van der Waals surface area contributed by atoms with E-state index < -0.39 is 5.82 Å². The van der Waals surface area contributed by atoms with Crippen molar-refractivity contribution in [2.45, 2.75) is 26.8 Å². The molecule has 124 valence electrons. The van der Waals surface area contributed by atoms with E-state index in [4.69, 9.17) is 0 Å². The number of carbonyl (C=O) groups excluding carboxylic acids is 1. The molecule has 0 fully saturated rings. The molecule has 24 heavy (non-hydrogen) atoms. The molecule has 0 saturated heterocycles. The van der Waals surface area contributed by atoms with Crippen LogP contribution in [0.3, 0.4) is 0 Å². The number of nitrogens with zero attached hydrogens (tertiary/aromatic N) is 5. The van der Waals surface area contributed by atoms with Crippen LogP contribution in [0.5, 0.6) is 0 Å². The molecule has 1 aromatic carbocycles. The van der Waals surface area contributed by atoms with E-state index in [-0.39, 0.29) is 11.3 Å². The van der Waals surface area contributed by atoms with Crippen LogP contribution >= 0.6 is 15.9 Å². The highest BCUT2D eigenvalue weighted by Crippen LogP contribution is 2.22. The highest BCUT2D eigenvalue weighted by Gasteiger charge is 2.16. The minimum atomic E-state index is -0.461. The van der Waals surface area contributed by atoms with E-state index in [1.165, 1.54) is 25.1 Å². The topological polar surface area (TPSA) is 65.6 Å². The van der Waals surface area contributed by atoms with Crippen LogP contribution in [0.15, 0.2) is 35.2 Å². The monoisotopic (exact) mass is 391 g/mol. The lowest BCUT2D eigenvalue weighted by atomic mass is 10.1. The standard InChI is InChI=1S/C16H15BrFN5O/c1-3-22-16(17)11(8-20-22)6-13-9-19-21-23(13)15-5-4-12(18)7-14(15)10(2)24/h4-5,7-9H,3,6H2,1-2H3. The minimum absolute atomic E-state index is 0.231. The number of hydrogen-bond donors (Lipinski definition) is 0. The molecule has 0 aliphatic heterocycles. The van der Waals surface area contributed by atoms with Gasteiger partial charge in [-0.1, -0.05) is 5.21 Å². The lowest BCUT2D eigenvalue weighted by Crippen LogP contribution is -2.09. The van der Waals surface area contributed by atoms with Crippen LogP contribution < -0.4 is 0 Å². The number of hydrogen-bond acceptors (Lipinski definition) is 4. The number of ketones is 1. The van der Waals surface area contributed by atoms with Gasteiger partial charge in [-0.3, -0.25) is 9.48 Å². The van der Waals surface area contributed by atoms with Crippen molar-refractivity contribution in [3.63, 3.8) is 0 Å². The molecule has 0 aliphatic carbocycles. The molecule has 0 amide bonds. The summed E-state index contributed by atoms with van der Waals surface area (Å²) in [6, 6.07) is 4.06. The van der Waals surface area contributed by atoms with Gasteiger partial charge in [0.05, 0.1) is 23.8 Å². The predicted octanol–water partition coefficient (Wildman–Crippen LogP) is 3.18. The molecule has 6 nitrogen and oxygen atoms in total. The molecular formula is C16H15BrFN5O. The van der Waals surface area contributed by atoms with Gasteiger partial charge in [-0.25, -0.2) is 9.07 Å². The van der Waals surface area contributed by atoms with E-state index in [0.29, 0.717) is 12.1 Å². The summed E-state index contributed by atoms with van der Waals surface area (Å²) in [5, 5.41) is 12.3. The summed E-state index contributed by atoms with van der Waals surface area (Å²) in [5.41, 5.74) is 2.54. The second-order valence-corrected chi connectivity index (χ2v) is 6.06. The van der Waals surface area contributed by atoms with Gasteiger partial charge in [0.15, 0.2) is 5.78 Å². The molecule has 0 spiro atoms. The fraction of sp³-hybridized carbons (Fsp3) is 0.250. The van der Waals surface area contributed by atoms with Crippen LogP contribution in [-0.4, -0.2) is 30.6 Å². The van der Waals surface area contributed by atoms with E-state index in [0.717, 1.165) is 22.4 Å². The van der Waals surface area contributed by atoms with Crippen LogP contribution in [0.25, 0.3) is 5.69 Å². The number of halogens is 2. The van der Waals surface area contributed by atoms with Gasteiger partial charge in [-0.2, -0.15) is 5.10 Å². The Balaban J connectivity index is 2.02. The molecule has 8 heteroatoms. The largest absolute Gasteiger partial charge is 0.294 e. The molecule has 2 heterocycles. The third kappa shape index (κ3) is 3.01. The first-order valence-electron chi connectivity index (χ1n) is 7.42. The van der Waals surface area contributed by atoms with E-state index in [2.05, 4.69) is 31.3 Å². The summed E-state index contributed by atoms with van der Waals surface area (Å²) in [6.07, 6.45) is 3.94. The Labute approximate surface area is 146 Å². The van der Waals surface area contributed by atoms with Crippen molar-refractivity contribution < 1.29 is 9.18 Å². The molecule has 0 aliphatic rings. The van der Waals surface area contributed by atoms with Crippen LogP contribution in [0.4, 0.5) is 4.39 Å². The maximum absolute atomic E-state index is 13.5. The zero-order valence-electron chi connectivity index (χ0n) is 13.2. The molecular weight excluding hydrogens is 377 g/mol. The second kappa shape index (κ2) is 6.64. The van der Waals surface area contributed by atoms with Crippen LogP contribution in [-0.2, 0) is 13.0 Å². The zero-order valence-corrected chi connectivity index (χ0v) is 14.8. The van der Waals surface area contributed by atoms with E-state index in [9.17, 15) is 9.18 Å². The van der Waals surface area contributed by atoms with Gasteiger partial charge in [-0.05, 0) is 48.0 Å². The Morgan fingerprint density at radius 1 is 1.33 bits per heavy atom. The number of Topliss-reactive ketones (excluding diaryl/α,β-unsaturated/α-hetero) is 1. The number of aryl methyl sites for hydroxylation is 1. The Morgan fingerprint density at radius 3 is 2.79 bits per heavy atom. The first kappa shape index (κ1) is 16.5. The average molecular weight is 392 g/mol. The number of benzene rings is 1. The van der Waals surface area contributed by atoms with Gasteiger partial charge >= 0.3 is 0 Å². The van der Waals surface area contributed by atoms with Crippen LogP contribution in [0.1, 0.15) is 35.5 Å². The summed E-state index contributed by atoms with van der Waals surface area (Å²) >= 11 is 3.53. The van der Waals surface area contributed by atoms with Gasteiger partial charge in [0.25, 0.3) is 0 Å². The van der Waals surface area contributed by atoms with Gasteiger partial charge in [0.1, 0.15) is 10.4 Å². The normalized spacial score (nSPS) is 11.0. The van der Waals surface area contributed by atoms with Crippen molar-refractivity contribution in [2.75, 3.05) is 0 Å². The Bertz CT molecular complexity index is 902. The Morgan fingerprint density at radius 2 is 2.12 bits per heavy atom. The van der Waals surface area contributed by atoms with E-state index in [1.807, 2.05) is 11.6 Å². The molecule has 0 atom stereocenters. The highest BCUT2D eigenvalue weighted by atomic mass is 79.9. The van der Waals surface area contributed by atoms with Gasteiger partial charge in [-0.15, -0.1) is 5.10 Å². The Kier molecular flexibility index (Phi) is 4.57. The molecule has 0 bridgehead atoms. The van der Waals surface area contributed by atoms with Crippen molar-refractivity contribution in [2.24, 2.45) is 0 Å².